The number of esters is 1. The molecule has 3 rings (SSSR count). The van der Waals surface area contributed by atoms with E-state index in [9.17, 15) is 9.59 Å². The van der Waals surface area contributed by atoms with E-state index >= 15 is 0 Å². The van der Waals surface area contributed by atoms with Gasteiger partial charge in [-0.2, -0.15) is 0 Å². The maximum absolute atomic E-state index is 12.7. The number of carbonyl (C=O) groups excluding carboxylic acids is 2. The van der Waals surface area contributed by atoms with Gasteiger partial charge in [-0.3, -0.25) is 9.78 Å². The Kier molecular flexibility index (Phi) is 5.50. The number of carbonyl (C=O) groups is 2. The van der Waals surface area contributed by atoms with E-state index in [4.69, 9.17) is 4.74 Å². The van der Waals surface area contributed by atoms with Gasteiger partial charge >= 0.3 is 5.97 Å². The lowest BCUT2D eigenvalue weighted by Crippen LogP contribution is -2.43. The van der Waals surface area contributed by atoms with Crippen molar-refractivity contribution in [1.29, 1.82) is 0 Å². The van der Waals surface area contributed by atoms with Gasteiger partial charge in [-0.15, -0.1) is 0 Å². The van der Waals surface area contributed by atoms with Crippen molar-refractivity contribution in [3.05, 3.63) is 77.0 Å². The number of pyridine rings is 1. The van der Waals surface area contributed by atoms with E-state index in [1.54, 1.807) is 6.07 Å². The van der Waals surface area contributed by atoms with Gasteiger partial charge in [0.1, 0.15) is 6.04 Å². The van der Waals surface area contributed by atoms with E-state index in [2.05, 4.69) is 10.3 Å². The summed E-state index contributed by atoms with van der Waals surface area (Å²) in [4.78, 5) is 29.2. The van der Waals surface area contributed by atoms with Crippen LogP contribution in [0.25, 0.3) is 10.9 Å². The molecular formula is C22H22N2O3. The lowest BCUT2D eigenvalue weighted by Gasteiger charge is -2.17. The summed E-state index contributed by atoms with van der Waals surface area (Å²) in [6, 6.07) is 14.6. The predicted octanol–water partition coefficient (Wildman–Crippen LogP) is 3.37. The number of nitrogens with zero attached hydrogens (tertiary/aromatic N) is 1. The number of amides is 1. The molecule has 1 aromatic heterocycles. The fraction of sp³-hybridized carbons (Fsp3) is 0.227. The van der Waals surface area contributed by atoms with Crippen LogP contribution in [-0.4, -0.2) is 30.0 Å². The molecule has 0 unspecified atom stereocenters. The van der Waals surface area contributed by atoms with Crippen molar-refractivity contribution in [2.45, 2.75) is 26.3 Å². The molecule has 27 heavy (non-hydrogen) atoms. The number of hydrogen-bond donors (Lipinski definition) is 1. The van der Waals surface area contributed by atoms with Crippen LogP contribution in [-0.2, 0) is 16.0 Å². The van der Waals surface area contributed by atoms with Crippen molar-refractivity contribution >= 4 is 22.8 Å². The average molecular weight is 362 g/mol. The molecule has 0 aliphatic carbocycles. The zero-order chi connectivity index (χ0) is 19.4. The fourth-order valence-corrected chi connectivity index (χ4v) is 2.94. The van der Waals surface area contributed by atoms with E-state index in [0.29, 0.717) is 12.0 Å². The van der Waals surface area contributed by atoms with Gasteiger partial charge < -0.3 is 10.1 Å². The largest absolute Gasteiger partial charge is 0.467 e. The zero-order valence-electron chi connectivity index (χ0n) is 15.7. The summed E-state index contributed by atoms with van der Waals surface area (Å²) in [7, 11) is 1.32. The zero-order valence-corrected chi connectivity index (χ0v) is 15.7. The second-order valence-corrected chi connectivity index (χ2v) is 6.59. The van der Waals surface area contributed by atoms with Gasteiger partial charge in [0.2, 0.25) is 0 Å². The first-order valence-electron chi connectivity index (χ1n) is 8.77. The molecule has 1 N–H and O–H groups in total. The number of nitrogens with one attached hydrogen (secondary N) is 1. The first kappa shape index (κ1) is 18.6. The number of ether oxygens (including phenoxy) is 1. The molecule has 1 heterocycles. The Morgan fingerprint density at radius 2 is 1.85 bits per heavy atom. The number of methoxy groups -OCH3 is 1. The molecule has 0 saturated heterocycles. The molecular weight excluding hydrogens is 340 g/mol. The molecule has 0 radical (unpaired) electrons. The van der Waals surface area contributed by atoms with E-state index in [0.717, 1.165) is 22.0 Å². The van der Waals surface area contributed by atoms with Gasteiger partial charge in [-0.25, -0.2) is 4.79 Å². The molecule has 2 aromatic carbocycles. The van der Waals surface area contributed by atoms with Crippen molar-refractivity contribution in [3.8, 4) is 0 Å². The minimum atomic E-state index is -0.768. The summed E-state index contributed by atoms with van der Waals surface area (Å²) < 4.78 is 4.88. The van der Waals surface area contributed by atoms with Crippen LogP contribution in [0.15, 0.2) is 54.7 Å². The number of rotatable bonds is 5. The van der Waals surface area contributed by atoms with E-state index in [1.165, 1.54) is 18.9 Å². The topological polar surface area (TPSA) is 68.3 Å². The van der Waals surface area contributed by atoms with Crippen LogP contribution in [0.3, 0.4) is 0 Å². The third-order valence-corrected chi connectivity index (χ3v) is 4.65. The minimum absolute atomic E-state index is 0.354. The quantitative estimate of drug-likeness (QED) is 0.707. The van der Waals surface area contributed by atoms with Crippen LogP contribution in [0, 0.1) is 13.8 Å². The highest BCUT2D eigenvalue weighted by atomic mass is 16.5. The molecule has 0 fully saturated rings. The Balaban J connectivity index is 1.81. The van der Waals surface area contributed by atoms with Gasteiger partial charge in [0.25, 0.3) is 5.91 Å². The monoisotopic (exact) mass is 362 g/mol. The van der Waals surface area contributed by atoms with E-state index < -0.39 is 12.0 Å². The second kappa shape index (κ2) is 7.99. The standard InChI is InChI=1S/C22H22N2O3/c1-14-8-9-16(10-15(14)2)11-20(22(26)27-3)24-21(25)18-12-17-6-4-5-7-19(17)23-13-18/h4-10,12-13,20H,11H2,1-3H3,(H,24,25)/t20-/m1/s1. The minimum Gasteiger partial charge on any atom is -0.467 e. The normalized spacial score (nSPS) is 11.8. The lowest BCUT2D eigenvalue weighted by molar-refractivity contribution is -0.142. The molecule has 1 amide bonds. The molecule has 138 valence electrons. The van der Waals surface area contributed by atoms with Gasteiger partial charge in [0.15, 0.2) is 0 Å². The Hall–Kier alpha value is -3.21. The number of aromatic nitrogens is 1. The predicted molar refractivity (Wildman–Crippen MR) is 105 cm³/mol. The van der Waals surface area contributed by atoms with Crippen molar-refractivity contribution in [2.75, 3.05) is 7.11 Å². The number of benzene rings is 2. The molecule has 1 atom stereocenters. The maximum Gasteiger partial charge on any atom is 0.328 e. The summed E-state index contributed by atoms with van der Waals surface area (Å²) in [5, 5.41) is 3.65. The van der Waals surface area contributed by atoms with Gasteiger partial charge in [-0.1, -0.05) is 36.4 Å². The number of hydrogen-bond acceptors (Lipinski definition) is 4. The summed E-state index contributed by atoms with van der Waals surface area (Å²) in [6.07, 6.45) is 1.88. The third kappa shape index (κ3) is 4.31. The van der Waals surface area contributed by atoms with Crippen LogP contribution in [0.2, 0.25) is 0 Å². The van der Waals surface area contributed by atoms with E-state index in [-0.39, 0.29) is 5.91 Å². The van der Waals surface area contributed by atoms with Crippen LogP contribution in [0.1, 0.15) is 27.0 Å². The highest BCUT2D eigenvalue weighted by Crippen LogP contribution is 2.15. The highest BCUT2D eigenvalue weighted by molar-refractivity contribution is 5.99. The Labute approximate surface area is 158 Å². The average Bonchev–Trinajstić information content (AvgIpc) is 2.69. The second-order valence-electron chi connectivity index (χ2n) is 6.59. The van der Waals surface area contributed by atoms with Gasteiger partial charge in [-0.05, 0) is 42.7 Å². The van der Waals surface area contributed by atoms with Crippen molar-refractivity contribution in [2.24, 2.45) is 0 Å². The summed E-state index contributed by atoms with van der Waals surface area (Å²) >= 11 is 0. The molecule has 3 aromatic rings. The molecule has 5 nitrogen and oxygen atoms in total. The lowest BCUT2D eigenvalue weighted by atomic mass is 10.0. The molecule has 0 spiro atoms. The Bertz CT molecular complexity index is 998. The van der Waals surface area contributed by atoms with Crippen LogP contribution in [0.5, 0.6) is 0 Å². The summed E-state index contributed by atoms with van der Waals surface area (Å²) in [5.41, 5.74) is 4.50. The highest BCUT2D eigenvalue weighted by Gasteiger charge is 2.23. The summed E-state index contributed by atoms with van der Waals surface area (Å²) in [6.45, 7) is 4.05. The number of aryl methyl sites for hydroxylation is 2. The molecule has 0 saturated carbocycles. The van der Waals surface area contributed by atoms with Crippen molar-refractivity contribution in [3.63, 3.8) is 0 Å². The fourth-order valence-electron chi connectivity index (χ4n) is 2.94. The first-order chi connectivity index (χ1) is 13.0. The Morgan fingerprint density at radius 3 is 2.59 bits per heavy atom. The summed E-state index contributed by atoms with van der Waals surface area (Å²) in [5.74, 6) is -0.831. The van der Waals surface area contributed by atoms with Crippen molar-refractivity contribution < 1.29 is 14.3 Å². The maximum atomic E-state index is 12.7. The van der Waals surface area contributed by atoms with Crippen LogP contribution < -0.4 is 5.32 Å². The third-order valence-electron chi connectivity index (χ3n) is 4.65. The van der Waals surface area contributed by atoms with Gasteiger partial charge in [0, 0.05) is 18.0 Å². The van der Waals surface area contributed by atoms with Gasteiger partial charge in [0.05, 0.1) is 18.2 Å². The Morgan fingerprint density at radius 1 is 1.07 bits per heavy atom. The van der Waals surface area contributed by atoms with Crippen LogP contribution >= 0.6 is 0 Å². The molecule has 0 aliphatic heterocycles. The molecule has 5 heteroatoms. The number of para-hydroxylation sites is 1. The van der Waals surface area contributed by atoms with Crippen molar-refractivity contribution in [1.82, 2.24) is 10.3 Å². The van der Waals surface area contributed by atoms with E-state index in [1.807, 2.05) is 56.3 Å². The molecule has 0 bridgehead atoms. The smallest absolute Gasteiger partial charge is 0.328 e. The SMILES string of the molecule is COC(=O)[C@@H](Cc1ccc(C)c(C)c1)NC(=O)c1cnc2ccccc2c1. The number of fused-ring (bicyclic) bond motifs is 1. The molecule has 0 aliphatic rings. The first-order valence-corrected chi connectivity index (χ1v) is 8.77. The van der Waals surface area contributed by atoms with Crippen LogP contribution in [0.4, 0.5) is 0 Å².